The summed E-state index contributed by atoms with van der Waals surface area (Å²) in [5, 5.41) is 3.02. The van der Waals surface area contributed by atoms with Crippen molar-refractivity contribution in [1.82, 2.24) is 0 Å². The van der Waals surface area contributed by atoms with Crippen LogP contribution in [0.1, 0.15) is 15.9 Å². The highest BCUT2D eigenvalue weighted by Gasteiger charge is 2.17. The van der Waals surface area contributed by atoms with Crippen molar-refractivity contribution in [2.75, 3.05) is 11.9 Å². The Morgan fingerprint density at radius 2 is 1.83 bits per heavy atom. The van der Waals surface area contributed by atoms with Gasteiger partial charge < -0.3 is 10.1 Å². The molecule has 0 radical (unpaired) electrons. The minimum atomic E-state index is -0.747. The maximum absolute atomic E-state index is 12.0. The maximum Gasteiger partial charge on any atom is 0.341 e. The standard InChI is InChI=1S/C16H12BrCl2NO3/c1-9-7-10(17)5-6-13(9)20-14(21)8-23-16(22)15-11(18)3-2-4-12(15)19/h2-7H,8H2,1H3,(H,20,21). The zero-order valence-electron chi connectivity index (χ0n) is 12.0. The minimum Gasteiger partial charge on any atom is -0.452 e. The maximum atomic E-state index is 12.0. The van der Waals surface area contributed by atoms with Gasteiger partial charge in [-0.1, -0.05) is 45.2 Å². The number of esters is 1. The summed E-state index contributed by atoms with van der Waals surface area (Å²) < 4.78 is 5.87. The largest absolute Gasteiger partial charge is 0.452 e. The van der Waals surface area contributed by atoms with Gasteiger partial charge in [0.25, 0.3) is 5.91 Å². The lowest BCUT2D eigenvalue weighted by Gasteiger charge is -2.10. The zero-order valence-corrected chi connectivity index (χ0v) is 15.1. The molecule has 0 unspecified atom stereocenters. The highest BCUT2D eigenvalue weighted by Crippen LogP contribution is 2.25. The number of anilines is 1. The molecule has 4 nitrogen and oxygen atoms in total. The first-order valence-corrected chi connectivity index (χ1v) is 8.10. The van der Waals surface area contributed by atoms with Crippen LogP contribution in [0.15, 0.2) is 40.9 Å². The van der Waals surface area contributed by atoms with Gasteiger partial charge in [-0.2, -0.15) is 0 Å². The lowest BCUT2D eigenvalue weighted by Crippen LogP contribution is -2.21. The molecule has 0 aliphatic heterocycles. The number of carbonyl (C=O) groups excluding carboxylic acids is 2. The van der Waals surface area contributed by atoms with E-state index in [9.17, 15) is 9.59 Å². The summed E-state index contributed by atoms with van der Waals surface area (Å²) in [5.74, 6) is -1.20. The Morgan fingerprint density at radius 3 is 2.43 bits per heavy atom. The molecule has 1 amide bonds. The van der Waals surface area contributed by atoms with E-state index in [1.54, 1.807) is 18.2 Å². The van der Waals surface area contributed by atoms with Crippen LogP contribution >= 0.6 is 39.1 Å². The van der Waals surface area contributed by atoms with Crippen molar-refractivity contribution in [3.63, 3.8) is 0 Å². The fourth-order valence-corrected chi connectivity index (χ4v) is 2.88. The molecule has 23 heavy (non-hydrogen) atoms. The van der Waals surface area contributed by atoms with Gasteiger partial charge in [0.05, 0.1) is 15.6 Å². The molecule has 2 rings (SSSR count). The Balaban J connectivity index is 1.98. The van der Waals surface area contributed by atoms with E-state index >= 15 is 0 Å². The molecule has 120 valence electrons. The van der Waals surface area contributed by atoms with E-state index in [0.29, 0.717) is 5.69 Å². The number of hydrogen-bond donors (Lipinski definition) is 1. The molecule has 0 bridgehead atoms. The van der Waals surface area contributed by atoms with Crippen LogP contribution in [0, 0.1) is 6.92 Å². The Morgan fingerprint density at radius 1 is 1.17 bits per heavy atom. The predicted octanol–water partition coefficient (Wildman–Crippen LogP) is 4.86. The summed E-state index contributed by atoms with van der Waals surface area (Å²) in [4.78, 5) is 23.9. The predicted molar refractivity (Wildman–Crippen MR) is 94.3 cm³/mol. The summed E-state index contributed by atoms with van der Waals surface area (Å²) in [6.45, 7) is 1.42. The van der Waals surface area contributed by atoms with Crippen molar-refractivity contribution in [1.29, 1.82) is 0 Å². The van der Waals surface area contributed by atoms with Crippen molar-refractivity contribution in [2.45, 2.75) is 6.92 Å². The number of carbonyl (C=O) groups is 2. The fourth-order valence-electron chi connectivity index (χ4n) is 1.85. The molecular formula is C16H12BrCl2NO3. The number of halogens is 3. The second kappa shape index (κ2) is 7.81. The Hall–Kier alpha value is -1.56. The third-order valence-electron chi connectivity index (χ3n) is 2.96. The number of nitrogens with one attached hydrogen (secondary N) is 1. The molecule has 0 aliphatic rings. The highest BCUT2D eigenvalue weighted by atomic mass is 79.9. The monoisotopic (exact) mass is 415 g/mol. The van der Waals surface area contributed by atoms with Gasteiger partial charge in [-0.15, -0.1) is 0 Å². The SMILES string of the molecule is Cc1cc(Br)ccc1NC(=O)COC(=O)c1c(Cl)cccc1Cl. The number of aryl methyl sites for hydroxylation is 1. The van der Waals surface area contributed by atoms with Gasteiger partial charge in [0.15, 0.2) is 6.61 Å². The fraction of sp³-hybridized carbons (Fsp3) is 0.125. The lowest BCUT2D eigenvalue weighted by atomic mass is 10.2. The van der Waals surface area contributed by atoms with Gasteiger partial charge in [-0.3, -0.25) is 4.79 Å². The molecule has 7 heteroatoms. The molecule has 0 aliphatic carbocycles. The van der Waals surface area contributed by atoms with Crippen molar-refractivity contribution in [2.24, 2.45) is 0 Å². The van der Waals surface area contributed by atoms with E-state index in [1.165, 1.54) is 12.1 Å². The summed E-state index contributed by atoms with van der Waals surface area (Å²) in [5.41, 5.74) is 1.57. The van der Waals surface area contributed by atoms with Crippen LogP contribution < -0.4 is 5.32 Å². The zero-order chi connectivity index (χ0) is 17.0. The smallest absolute Gasteiger partial charge is 0.341 e. The second-order valence-corrected chi connectivity index (χ2v) is 6.41. The normalized spacial score (nSPS) is 10.3. The molecule has 2 aromatic rings. The van der Waals surface area contributed by atoms with Gasteiger partial charge in [0.1, 0.15) is 0 Å². The number of hydrogen-bond acceptors (Lipinski definition) is 3. The third kappa shape index (κ3) is 4.70. The third-order valence-corrected chi connectivity index (χ3v) is 4.09. The van der Waals surface area contributed by atoms with Crippen LogP contribution in [0.2, 0.25) is 10.0 Å². The first-order valence-electron chi connectivity index (χ1n) is 6.55. The van der Waals surface area contributed by atoms with E-state index in [2.05, 4.69) is 21.2 Å². The summed E-state index contributed by atoms with van der Waals surface area (Å²) in [7, 11) is 0. The van der Waals surface area contributed by atoms with Crippen LogP contribution in [-0.2, 0) is 9.53 Å². The summed E-state index contributed by atoms with van der Waals surface area (Å²) in [6.07, 6.45) is 0. The molecule has 0 atom stereocenters. The molecule has 2 aromatic carbocycles. The second-order valence-electron chi connectivity index (χ2n) is 4.68. The van der Waals surface area contributed by atoms with Crippen molar-refractivity contribution in [3.8, 4) is 0 Å². The molecule has 0 saturated heterocycles. The van der Waals surface area contributed by atoms with Gasteiger partial charge in [0.2, 0.25) is 0 Å². The average Bonchev–Trinajstić information content (AvgIpc) is 2.48. The molecule has 0 aromatic heterocycles. The number of benzene rings is 2. The highest BCUT2D eigenvalue weighted by molar-refractivity contribution is 9.10. The molecule has 0 fully saturated rings. The first-order chi connectivity index (χ1) is 10.9. The van der Waals surface area contributed by atoms with E-state index in [-0.39, 0.29) is 15.6 Å². The summed E-state index contributed by atoms with van der Waals surface area (Å²) >= 11 is 15.2. The Bertz CT molecular complexity index is 745. The van der Waals surface area contributed by atoms with E-state index < -0.39 is 18.5 Å². The first kappa shape index (κ1) is 17.8. The van der Waals surface area contributed by atoms with Crippen molar-refractivity contribution >= 4 is 56.7 Å². The Kier molecular flexibility index (Phi) is 6.04. The van der Waals surface area contributed by atoms with Gasteiger partial charge >= 0.3 is 5.97 Å². The summed E-state index contributed by atoms with van der Waals surface area (Å²) in [6, 6.07) is 10.1. The quantitative estimate of drug-likeness (QED) is 0.724. The number of ether oxygens (including phenoxy) is 1. The minimum absolute atomic E-state index is 0.0449. The Labute approximate surface area is 151 Å². The van der Waals surface area contributed by atoms with Crippen molar-refractivity contribution in [3.05, 3.63) is 62.0 Å². The molecule has 0 spiro atoms. The van der Waals surface area contributed by atoms with E-state index in [4.69, 9.17) is 27.9 Å². The van der Waals surface area contributed by atoms with E-state index in [0.717, 1.165) is 10.0 Å². The lowest BCUT2D eigenvalue weighted by molar-refractivity contribution is -0.119. The number of amides is 1. The molecule has 0 heterocycles. The van der Waals surface area contributed by atoms with Crippen molar-refractivity contribution < 1.29 is 14.3 Å². The van der Waals surface area contributed by atoms with Crippen LogP contribution in [0.4, 0.5) is 5.69 Å². The van der Waals surface area contributed by atoms with E-state index in [1.807, 2.05) is 13.0 Å². The number of rotatable bonds is 4. The molecule has 1 N–H and O–H groups in total. The topological polar surface area (TPSA) is 55.4 Å². The van der Waals surface area contributed by atoms with Crippen LogP contribution in [0.5, 0.6) is 0 Å². The van der Waals surface area contributed by atoms with Crippen LogP contribution in [-0.4, -0.2) is 18.5 Å². The van der Waals surface area contributed by atoms with Crippen LogP contribution in [0.3, 0.4) is 0 Å². The van der Waals surface area contributed by atoms with Crippen LogP contribution in [0.25, 0.3) is 0 Å². The molecular weight excluding hydrogens is 405 g/mol. The average molecular weight is 417 g/mol. The van der Waals surface area contributed by atoms with Gasteiger partial charge in [0, 0.05) is 10.2 Å². The van der Waals surface area contributed by atoms with Gasteiger partial charge in [-0.05, 0) is 42.8 Å². The van der Waals surface area contributed by atoms with Gasteiger partial charge in [-0.25, -0.2) is 4.79 Å². The molecule has 0 saturated carbocycles.